The van der Waals surface area contributed by atoms with Gasteiger partial charge in [0, 0.05) is 6.04 Å². The van der Waals surface area contributed by atoms with Crippen molar-refractivity contribution in [3.05, 3.63) is 0 Å². The Bertz CT molecular complexity index is 435. The van der Waals surface area contributed by atoms with E-state index in [1.165, 1.54) is 51.4 Å². The number of piperidine rings is 1. The van der Waals surface area contributed by atoms with Gasteiger partial charge in [-0.2, -0.15) is 0 Å². The summed E-state index contributed by atoms with van der Waals surface area (Å²) in [6, 6.07) is 0.716. The van der Waals surface area contributed by atoms with Crippen LogP contribution in [-0.2, 0) is 4.79 Å². The smallest absolute Gasteiger partial charge is 0.136 e. The fourth-order valence-corrected chi connectivity index (χ4v) is 7.00. The topological polar surface area (TPSA) is 29.1 Å². The molecule has 4 fully saturated rings. The third-order valence-electron chi connectivity index (χ3n) is 8.22. The Labute approximate surface area is 129 Å². The van der Waals surface area contributed by atoms with E-state index >= 15 is 0 Å². The third-order valence-corrected chi connectivity index (χ3v) is 8.22. The van der Waals surface area contributed by atoms with Crippen LogP contribution in [-0.4, -0.2) is 18.4 Å². The molecule has 1 saturated heterocycles. The summed E-state index contributed by atoms with van der Waals surface area (Å²) >= 11 is 0. The van der Waals surface area contributed by atoms with E-state index in [0.717, 1.165) is 30.5 Å². The molecule has 1 heterocycles. The maximum absolute atomic E-state index is 11.2. The summed E-state index contributed by atoms with van der Waals surface area (Å²) in [5.74, 6) is 2.88. The van der Waals surface area contributed by atoms with Crippen LogP contribution < -0.4 is 5.32 Å². The van der Waals surface area contributed by atoms with Crippen molar-refractivity contribution in [3.8, 4) is 0 Å². The predicted octanol–water partition coefficient (Wildman–Crippen LogP) is 3.94. The predicted molar refractivity (Wildman–Crippen MR) is 85.0 cm³/mol. The minimum absolute atomic E-state index is 0.125. The van der Waals surface area contributed by atoms with Crippen LogP contribution in [0.5, 0.6) is 0 Å². The molecule has 7 atom stereocenters. The molecule has 2 nitrogen and oxygen atoms in total. The highest BCUT2D eigenvalue weighted by atomic mass is 16.1. The van der Waals surface area contributed by atoms with Crippen molar-refractivity contribution in [1.29, 1.82) is 0 Å². The van der Waals surface area contributed by atoms with Crippen LogP contribution in [0.2, 0.25) is 0 Å². The van der Waals surface area contributed by atoms with Crippen molar-refractivity contribution in [3.63, 3.8) is 0 Å². The lowest BCUT2D eigenvalue weighted by Gasteiger charge is -2.60. The van der Waals surface area contributed by atoms with Gasteiger partial charge >= 0.3 is 0 Å². The van der Waals surface area contributed by atoms with Gasteiger partial charge in [-0.1, -0.05) is 20.3 Å². The number of carbonyl (C=O) groups is 1. The van der Waals surface area contributed by atoms with Crippen molar-refractivity contribution in [1.82, 2.24) is 5.32 Å². The van der Waals surface area contributed by atoms with Crippen LogP contribution in [0.3, 0.4) is 0 Å². The number of nitrogens with one attached hydrogen (secondary N) is 1. The first-order valence-electron chi connectivity index (χ1n) is 9.28. The molecule has 3 saturated carbocycles. The molecule has 0 aromatic carbocycles. The highest BCUT2D eigenvalue weighted by Gasteiger charge is 2.57. The summed E-state index contributed by atoms with van der Waals surface area (Å²) in [4.78, 5) is 11.2. The van der Waals surface area contributed by atoms with Gasteiger partial charge in [0.15, 0.2) is 0 Å². The van der Waals surface area contributed by atoms with Gasteiger partial charge in [-0.25, -0.2) is 0 Å². The number of hydrogen-bond donors (Lipinski definition) is 1. The maximum Gasteiger partial charge on any atom is 0.136 e. The zero-order valence-electron chi connectivity index (χ0n) is 13.7. The van der Waals surface area contributed by atoms with Crippen molar-refractivity contribution < 1.29 is 4.79 Å². The van der Waals surface area contributed by atoms with E-state index < -0.39 is 0 Å². The van der Waals surface area contributed by atoms with Gasteiger partial charge in [-0.05, 0) is 80.0 Å². The fraction of sp³-hybridized carbons (Fsp3) is 0.947. The van der Waals surface area contributed by atoms with Gasteiger partial charge in [0.1, 0.15) is 6.29 Å². The fourth-order valence-electron chi connectivity index (χ4n) is 7.00. The molecule has 1 unspecified atom stereocenters. The van der Waals surface area contributed by atoms with Gasteiger partial charge in [-0.15, -0.1) is 0 Å². The van der Waals surface area contributed by atoms with Crippen LogP contribution in [0.1, 0.15) is 71.6 Å². The molecular weight excluding hydrogens is 258 g/mol. The number of fused-ring (bicyclic) bond motifs is 5. The van der Waals surface area contributed by atoms with Crippen molar-refractivity contribution >= 4 is 6.29 Å². The van der Waals surface area contributed by atoms with Crippen LogP contribution in [0.25, 0.3) is 0 Å². The van der Waals surface area contributed by atoms with Crippen molar-refractivity contribution in [2.75, 3.05) is 0 Å². The lowest BCUT2D eigenvalue weighted by molar-refractivity contribution is -0.116. The Balaban J connectivity index is 1.60. The second kappa shape index (κ2) is 4.81. The van der Waals surface area contributed by atoms with E-state index in [4.69, 9.17) is 0 Å². The summed E-state index contributed by atoms with van der Waals surface area (Å²) in [5.41, 5.74) is 1.12. The van der Waals surface area contributed by atoms with Crippen LogP contribution in [0.15, 0.2) is 0 Å². The molecule has 4 rings (SSSR count). The Kier molecular flexibility index (Phi) is 3.26. The molecule has 0 aromatic rings. The zero-order valence-corrected chi connectivity index (χ0v) is 13.7. The molecule has 0 amide bonds. The minimum Gasteiger partial charge on any atom is -0.304 e. The molecule has 2 heteroatoms. The lowest BCUT2D eigenvalue weighted by atomic mass is 9.47. The van der Waals surface area contributed by atoms with E-state index in [1.807, 2.05) is 0 Å². The average Bonchev–Trinajstić information content (AvgIpc) is 2.88. The number of carbonyl (C=O) groups excluding carboxylic acids is 1. The Morgan fingerprint density at radius 2 is 1.81 bits per heavy atom. The summed E-state index contributed by atoms with van der Waals surface area (Å²) < 4.78 is 0. The van der Waals surface area contributed by atoms with Gasteiger partial charge in [0.2, 0.25) is 0 Å². The van der Waals surface area contributed by atoms with E-state index in [9.17, 15) is 4.79 Å². The maximum atomic E-state index is 11.2. The molecule has 21 heavy (non-hydrogen) atoms. The monoisotopic (exact) mass is 289 g/mol. The van der Waals surface area contributed by atoms with Gasteiger partial charge in [-0.3, -0.25) is 0 Å². The number of rotatable bonds is 1. The van der Waals surface area contributed by atoms with Crippen LogP contribution in [0.4, 0.5) is 0 Å². The Morgan fingerprint density at radius 1 is 0.952 bits per heavy atom. The van der Waals surface area contributed by atoms with Gasteiger partial charge in [0.25, 0.3) is 0 Å². The van der Waals surface area contributed by atoms with Crippen LogP contribution in [0, 0.1) is 28.6 Å². The molecular formula is C19H31NO. The first-order valence-corrected chi connectivity index (χ1v) is 9.28. The molecule has 0 spiro atoms. The lowest BCUT2D eigenvalue weighted by Crippen LogP contribution is -2.62. The minimum atomic E-state index is 0.125. The molecule has 1 aliphatic heterocycles. The normalized spacial score (nSPS) is 56.2. The van der Waals surface area contributed by atoms with E-state index in [2.05, 4.69) is 19.2 Å². The molecule has 0 radical (unpaired) electrons. The summed E-state index contributed by atoms with van der Waals surface area (Å²) in [5, 5.41) is 3.68. The van der Waals surface area contributed by atoms with Gasteiger partial charge in [0.05, 0.1) is 6.04 Å². The Hall–Kier alpha value is -0.370. The van der Waals surface area contributed by atoms with Crippen LogP contribution >= 0.6 is 0 Å². The first kappa shape index (κ1) is 14.2. The largest absolute Gasteiger partial charge is 0.304 e. The molecule has 1 N–H and O–H groups in total. The number of aldehydes is 1. The zero-order chi connectivity index (χ0) is 14.7. The molecule has 0 bridgehead atoms. The summed E-state index contributed by atoms with van der Waals surface area (Å²) in [6.45, 7) is 5.12. The van der Waals surface area contributed by atoms with E-state index in [-0.39, 0.29) is 6.04 Å². The Morgan fingerprint density at radius 3 is 2.62 bits per heavy atom. The van der Waals surface area contributed by atoms with Crippen molar-refractivity contribution in [2.24, 2.45) is 28.6 Å². The van der Waals surface area contributed by atoms with E-state index in [1.54, 1.807) is 0 Å². The molecule has 3 aliphatic carbocycles. The standard InChI is InChI=1S/C19H31NO/c1-18-9-3-4-15(18)14-5-6-17-19(2,16(14)8-10-18)11-7-13(12-21)20-17/h12-17,20H,3-11H2,1-2H3/t13?,14-,15-,16-,17+,18-,19+/m0/s1. The highest BCUT2D eigenvalue weighted by Crippen LogP contribution is 2.63. The van der Waals surface area contributed by atoms with E-state index in [0.29, 0.717) is 16.9 Å². The number of hydrogen-bond acceptors (Lipinski definition) is 2. The quantitative estimate of drug-likeness (QED) is 0.741. The first-order chi connectivity index (χ1) is 10.1. The molecule has 118 valence electrons. The van der Waals surface area contributed by atoms with Crippen molar-refractivity contribution in [2.45, 2.75) is 83.7 Å². The average molecular weight is 289 g/mol. The highest BCUT2D eigenvalue weighted by molar-refractivity contribution is 5.58. The molecule has 0 aromatic heterocycles. The SMILES string of the molecule is C[C@@]12CCC[C@H]1[C@@H]1CC[C@H]3NC(C=O)CC[C@]3(C)[C@H]1CC2. The summed E-state index contributed by atoms with van der Waals surface area (Å²) in [7, 11) is 0. The third kappa shape index (κ3) is 1.97. The molecule has 4 aliphatic rings. The second-order valence-electron chi connectivity index (χ2n) is 9.05. The summed E-state index contributed by atoms with van der Waals surface area (Å²) in [6.07, 6.45) is 13.5. The van der Waals surface area contributed by atoms with Gasteiger partial charge < -0.3 is 10.1 Å². The second-order valence-corrected chi connectivity index (χ2v) is 9.05.